The molecular formula is C14H17NO2. The van der Waals surface area contributed by atoms with Crippen molar-refractivity contribution >= 4 is 5.91 Å². The summed E-state index contributed by atoms with van der Waals surface area (Å²) < 4.78 is 0. The monoisotopic (exact) mass is 231 g/mol. The zero-order chi connectivity index (χ0) is 12.7. The smallest absolute Gasteiger partial charge is 0.255 e. The number of carbonyl (C=O) groups is 1. The standard InChI is InChI=1S/C14H17NO2/c1-3-15(4-2)14(17)13-10-6-5-8-12(13)9-7-11-16/h5-6,8,10,16H,3-4,11H2,1-2H3. The third-order valence-electron chi connectivity index (χ3n) is 2.51. The van der Waals surface area contributed by atoms with Gasteiger partial charge in [-0.2, -0.15) is 0 Å². The van der Waals surface area contributed by atoms with Crippen LogP contribution in [0, 0.1) is 11.8 Å². The van der Waals surface area contributed by atoms with Gasteiger partial charge < -0.3 is 10.0 Å². The van der Waals surface area contributed by atoms with Gasteiger partial charge in [0.05, 0.1) is 5.56 Å². The number of amides is 1. The van der Waals surface area contributed by atoms with Gasteiger partial charge >= 0.3 is 0 Å². The van der Waals surface area contributed by atoms with Crippen LogP contribution in [0.2, 0.25) is 0 Å². The fourth-order valence-corrected chi connectivity index (χ4v) is 1.59. The minimum absolute atomic E-state index is 0.0159. The molecule has 0 aliphatic heterocycles. The second-order valence-electron chi connectivity index (χ2n) is 3.48. The van der Waals surface area contributed by atoms with Crippen LogP contribution in [-0.2, 0) is 0 Å². The molecule has 0 aromatic heterocycles. The number of hydrogen-bond donors (Lipinski definition) is 1. The topological polar surface area (TPSA) is 40.5 Å². The molecular weight excluding hydrogens is 214 g/mol. The maximum absolute atomic E-state index is 12.2. The number of aliphatic hydroxyl groups excluding tert-OH is 1. The molecule has 1 aromatic rings. The second kappa shape index (κ2) is 6.72. The Kier molecular flexibility index (Phi) is 5.25. The highest BCUT2D eigenvalue weighted by atomic mass is 16.2. The van der Waals surface area contributed by atoms with Crippen LogP contribution in [0.1, 0.15) is 29.8 Å². The number of carbonyl (C=O) groups excluding carboxylic acids is 1. The summed E-state index contributed by atoms with van der Waals surface area (Å²) in [5, 5.41) is 8.69. The van der Waals surface area contributed by atoms with Crippen LogP contribution in [0.3, 0.4) is 0 Å². The van der Waals surface area contributed by atoms with E-state index in [4.69, 9.17) is 5.11 Å². The van der Waals surface area contributed by atoms with Crippen LogP contribution in [0.4, 0.5) is 0 Å². The van der Waals surface area contributed by atoms with E-state index in [0.717, 1.165) is 0 Å². The maximum atomic E-state index is 12.2. The Balaban J connectivity index is 3.08. The maximum Gasteiger partial charge on any atom is 0.255 e. The predicted molar refractivity (Wildman–Crippen MR) is 67.7 cm³/mol. The molecule has 0 unspecified atom stereocenters. The molecule has 90 valence electrons. The van der Waals surface area contributed by atoms with E-state index in [0.29, 0.717) is 24.2 Å². The van der Waals surface area contributed by atoms with Gasteiger partial charge in [-0.15, -0.1) is 0 Å². The molecule has 0 radical (unpaired) electrons. The first-order valence-electron chi connectivity index (χ1n) is 5.72. The summed E-state index contributed by atoms with van der Waals surface area (Å²) in [5.74, 6) is 5.35. The van der Waals surface area contributed by atoms with E-state index in [-0.39, 0.29) is 12.5 Å². The van der Waals surface area contributed by atoms with Crippen LogP contribution in [0.15, 0.2) is 24.3 Å². The average molecular weight is 231 g/mol. The van der Waals surface area contributed by atoms with Gasteiger partial charge in [-0.25, -0.2) is 0 Å². The summed E-state index contributed by atoms with van der Waals surface area (Å²) in [6, 6.07) is 7.21. The van der Waals surface area contributed by atoms with Crippen molar-refractivity contribution in [3.8, 4) is 11.8 Å². The summed E-state index contributed by atoms with van der Waals surface area (Å²) in [5.41, 5.74) is 1.26. The highest BCUT2D eigenvalue weighted by Gasteiger charge is 2.14. The average Bonchev–Trinajstić information content (AvgIpc) is 2.38. The fraction of sp³-hybridized carbons (Fsp3) is 0.357. The lowest BCUT2D eigenvalue weighted by Crippen LogP contribution is -2.31. The molecule has 0 bridgehead atoms. The van der Waals surface area contributed by atoms with Crippen molar-refractivity contribution in [2.45, 2.75) is 13.8 Å². The van der Waals surface area contributed by atoms with Gasteiger partial charge in [-0.3, -0.25) is 4.79 Å². The van der Waals surface area contributed by atoms with Crippen LogP contribution in [-0.4, -0.2) is 35.6 Å². The van der Waals surface area contributed by atoms with Crippen molar-refractivity contribution in [3.05, 3.63) is 35.4 Å². The highest BCUT2D eigenvalue weighted by molar-refractivity contribution is 5.96. The number of nitrogens with zero attached hydrogens (tertiary/aromatic N) is 1. The van der Waals surface area contributed by atoms with E-state index in [1.54, 1.807) is 17.0 Å². The molecule has 0 saturated heterocycles. The number of rotatable bonds is 3. The zero-order valence-corrected chi connectivity index (χ0v) is 10.2. The van der Waals surface area contributed by atoms with E-state index < -0.39 is 0 Å². The highest BCUT2D eigenvalue weighted by Crippen LogP contribution is 2.10. The first kappa shape index (κ1) is 13.3. The van der Waals surface area contributed by atoms with Gasteiger partial charge in [0.1, 0.15) is 6.61 Å². The van der Waals surface area contributed by atoms with Gasteiger partial charge in [0.15, 0.2) is 0 Å². The Morgan fingerprint density at radius 1 is 1.29 bits per heavy atom. The molecule has 1 amide bonds. The minimum Gasteiger partial charge on any atom is -0.384 e. The van der Waals surface area contributed by atoms with E-state index in [1.165, 1.54) is 0 Å². The van der Waals surface area contributed by atoms with Crippen molar-refractivity contribution in [1.29, 1.82) is 0 Å². The third kappa shape index (κ3) is 3.33. The molecule has 0 saturated carbocycles. The molecule has 0 fully saturated rings. The van der Waals surface area contributed by atoms with Gasteiger partial charge in [-0.1, -0.05) is 24.0 Å². The molecule has 0 spiro atoms. The summed E-state index contributed by atoms with van der Waals surface area (Å²) in [6.07, 6.45) is 0. The van der Waals surface area contributed by atoms with E-state index in [1.807, 2.05) is 26.0 Å². The second-order valence-corrected chi connectivity index (χ2v) is 3.48. The first-order chi connectivity index (χ1) is 8.24. The largest absolute Gasteiger partial charge is 0.384 e. The zero-order valence-electron chi connectivity index (χ0n) is 10.2. The molecule has 1 rings (SSSR count). The van der Waals surface area contributed by atoms with Crippen LogP contribution < -0.4 is 0 Å². The SMILES string of the molecule is CCN(CC)C(=O)c1ccccc1C#CCO. The molecule has 17 heavy (non-hydrogen) atoms. The van der Waals surface area contributed by atoms with Gasteiger partial charge in [0.2, 0.25) is 0 Å². The summed E-state index contributed by atoms with van der Waals surface area (Å²) in [7, 11) is 0. The number of benzene rings is 1. The summed E-state index contributed by atoms with van der Waals surface area (Å²) in [6.45, 7) is 5.05. The molecule has 3 heteroatoms. The van der Waals surface area contributed by atoms with Crippen molar-refractivity contribution in [3.63, 3.8) is 0 Å². The van der Waals surface area contributed by atoms with Crippen LogP contribution in [0.5, 0.6) is 0 Å². The predicted octanol–water partition coefficient (Wildman–Crippen LogP) is 1.51. The fourth-order valence-electron chi connectivity index (χ4n) is 1.59. The molecule has 0 aliphatic carbocycles. The summed E-state index contributed by atoms with van der Waals surface area (Å²) >= 11 is 0. The van der Waals surface area contributed by atoms with Crippen molar-refractivity contribution in [2.24, 2.45) is 0 Å². The van der Waals surface area contributed by atoms with Crippen molar-refractivity contribution in [2.75, 3.05) is 19.7 Å². The minimum atomic E-state index is -0.201. The Morgan fingerprint density at radius 2 is 1.94 bits per heavy atom. The first-order valence-corrected chi connectivity index (χ1v) is 5.72. The Bertz CT molecular complexity index is 439. The van der Waals surface area contributed by atoms with Crippen LogP contribution >= 0.6 is 0 Å². The lowest BCUT2D eigenvalue weighted by atomic mass is 10.1. The lowest BCUT2D eigenvalue weighted by Gasteiger charge is -2.19. The Hall–Kier alpha value is -1.79. The van der Waals surface area contributed by atoms with Gasteiger partial charge in [0.25, 0.3) is 5.91 Å². The number of hydrogen-bond acceptors (Lipinski definition) is 2. The quantitative estimate of drug-likeness (QED) is 0.801. The van der Waals surface area contributed by atoms with Gasteiger partial charge in [-0.05, 0) is 26.0 Å². The van der Waals surface area contributed by atoms with Crippen LogP contribution in [0.25, 0.3) is 0 Å². The molecule has 0 atom stereocenters. The summed E-state index contributed by atoms with van der Waals surface area (Å²) in [4.78, 5) is 13.9. The number of aliphatic hydroxyl groups is 1. The Labute approximate surface area is 102 Å². The van der Waals surface area contributed by atoms with E-state index in [9.17, 15) is 4.79 Å². The molecule has 1 N–H and O–H groups in total. The van der Waals surface area contributed by atoms with E-state index in [2.05, 4.69) is 11.8 Å². The third-order valence-corrected chi connectivity index (χ3v) is 2.51. The lowest BCUT2D eigenvalue weighted by molar-refractivity contribution is 0.0772. The molecule has 3 nitrogen and oxygen atoms in total. The van der Waals surface area contributed by atoms with Crippen molar-refractivity contribution in [1.82, 2.24) is 4.90 Å². The molecule has 1 aromatic carbocycles. The normalized spacial score (nSPS) is 9.35. The molecule has 0 heterocycles. The Morgan fingerprint density at radius 3 is 2.53 bits per heavy atom. The van der Waals surface area contributed by atoms with Crippen molar-refractivity contribution < 1.29 is 9.90 Å². The van der Waals surface area contributed by atoms with Gasteiger partial charge in [0, 0.05) is 18.7 Å². The molecule has 0 aliphatic rings. The van der Waals surface area contributed by atoms with E-state index >= 15 is 0 Å².